The van der Waals surface area contributed by atoms with E-state index in [9.17, 15) is 9.59 Å². The van der Waals surface area contributed by atoms with Crippen molar-refractivity contribution in [2.45, 2.75) is 0 Å². The van der Waals surface area contributed by atoms with Gasteiger partial charge >= 0.3 is 6.01 Å². The van der Waals surface area contributed by atoms with Gasteiger partial charge in [0.15, 0.2) is 5.58 Å². The first-order valence-corrected chi connectivity index (χ1v) is 6.34. The van der Waals surface area contributed by atoms with Crippen molar-refractivity contribution in [3.05, 3.63) is 69.2 Å². The minimum Gasteiger partial charge on any atom is -0.422 e. The van der Waals surface area contributed by atoms with Crippen LogP contribution in [-0.2, 0) is 0 Å². The zero-order valence-corrected chi connectivity index (χ0v) is 10.7. The van der Waals surface area contributed by atoms with E-state index in [-0.39, 0.29) is 17.1 Å². The fourth-order valence-electron chi connectivity index (χ4n) is 2.29. The van der Waals surface area contributed by atoms with Crippen molar-refractivity contribution < 1.29 is 4.42 Å². The predicted molar refractivity (Wildman–Crippen MR) is 77.7 cm³/mol. The van der Waals surface area contributed by atoms with Gasteiger partial charge in [0.25, 0.3) is 11.1 Å². The molecular formula is C15H9N3O3. The highest BCUT2D eigenvalue weighted by Crippen LogP contribution is 2.16. The monoisotopic (exact) mass is 279 g/mol. The van der Waals surface area contributed by atoms with Crippen molar-refractivity contribution in [2.24, 2.45) is 0 Å². The Morgan fingerprint density at radius 3 is 2.48 bits per heavy atom. The quantitative estimate of drug-likeness (QED) is 0.576. The summed E-state index contributed by atoms with van der Waals surface area (Å²) in [6.07, 6.45) is 0. The summed E-state index contributed by atoms with van der Waals surface area (Å²) < 4.78 is 6.55. The first-order valence-electron chi connectivity index (χ1n) is 6.34. The number of nitrogens with one attached hydrogen (secondary N) is 1. The zero-order valence-electron chi connectivity index (χ0n) is 10.7. The molecule has 6 heteroatoms. The Bertz CT molecular complexity index is 1060. The molecule has 0 saturated heterocycles. The second-order valence-electron chi connectivity index (χ2n) is 4.59. The lowest BCUT2D eigenvalue weighted by molar-refractivity contribution is 0.530. The minimum absolute atomic E-state index is 0.0454. The number of aromatic nitrogens is 3. The van der Waals surface area contributed by atoms with E-state index >= 15 is 0 Å². The average molecular weight is 279 g/mol. The molecule has 0 atom stereocenters. The van der Waals surface area contributed by atoms with Gasteiger partial charge in [0.05, 0.1) is 10.8 Å². The molecule has 0 aliphatic heterocycles. The van der Waals surface area contributed by atoms with E-state index in [1.807, 2.05) is 12.1 Å². The van der Waals surface area contributed by atoms with E-state index in [4.69, 9.17) is 4.42 Å². The molecule has 0 spiro atoms. The fourth-order valence-corrected chi connectivity index (χ4v) is 2.29. The molecule has 102 valence electrons. The highest BCUT2D eigenvalue weighted by atomic mass is 16.4. The van der Waals surface area contributed by atoms with Crippen molar-refractivity contribution >= 4 is 21.9 Å². The molecule has 2 heterocycles. The Hall–Kier alpha value is -3.15. The van der Waals surface area contributed by atoms with Crippen LogP contribution in [0.2, 0.25) is 0 Å². The standard InChI is InChI=1S/C15H9N3O3/c19-13-9-5-1-2-6-10(9)14(20)18(17-13)15-16-11-7-3-4-8-12(11)21-15/h1-8H,(H,17,19). The summed E-state index contributed by atoms with van der Waals surface area (Å²) in [6.45, 7) is 0. The van der Waals surface area contributed by atoms with Crippen LogP contribution in [-0.4, -0.2) is 14.8 Å². The Labute approximate surface area is 117 Å². The van der Waals surface area contributed by atoms with Gasteiger partial charge in [-0.1, -0.05) is 24.3 Å². The van der Waals surface area contributed by atoms with E-state index < -0.39 is 0 Å². The summed E-state index contributed by atoms with van der Waals surface area (Å²) in [6, 6.07) is 13.8. The molecule has 21 heavy (non-hydrogen) atoms. The molecular weight excluding hydrogens is 270 g/mol. The Balaban J connectivity index is 2.09. The number of para-hydroxylation sites is 2. The lowest BCUT2D eigenvalue weighted by Crippen LogP contribution is -2.28. The Morgan fingerprint density at radius 2 is 1.67 bits per heavy atom. The third-order valence-electron chi connectivity index (χ3n) is 3.29. The molecule has 0 radical (unpaired) electrons. The van der Waals surface area contributed by atoms with E-state index in [1.54, 1.807) is 36.4 Å². The average Bonchev–Trinajstić information content (AvgIpc) is 2.94. The lowest BCUT2D eigenvalue weighted by atomic mass is 10.2. The zero-order chi connectivity index (χ0) is 14.4. The third kappa shape index (κ3) is 1.69. The molecule has 2 aromatic carbocycles. The summed E-state index contributed by atoms with van der Waals surface area (Å²) in [5.41, 5.74) is 0.422. The second-order valence-corrected chi connectivity index (χ2v) is 4.59. The van der Waals surface area contributed by atoms with E-state index in [1.165, 1.54) is 0 Å². The second kappa shape index (κ2) is 4.17. The van der Waals surface area contributed by atoms with Gasteiger partial charge in [-0.25, -0.2) is 0 Å². The number of benzene rings is 2. The number of rotatable bonds is 1. The van der Waals surface area contributed by atoms with E-state index in [0.29, 0.717) is 21.9 Å². The molecule has 0 bridgehead atoms. The maximum atomic E-state index is 12.5. The van der Waals surface area contributed by atoms with Crippen LogP contribution in [0.15, 0.2) is 62.5 Å². The summed E-state index contributed by atoms with van der Waals surface area (Å²) in [5, 5.41) is 3.15. The smallest absolute Gasteiger partial charge is 0.325 e. The van der Waals surface area contributed by atoms with Gasteiger partial charge in [0, 0.05) is 0 Å². The van der Waals surface area contributed by atoms with Gasteiger partial charge in [-0.05, 0) is 24.3 Å². The van der Waals surface area contributed by atoms with Gasteiger partial charge in [-0.3, -0.25) is 14.7 Å². The van der Waals surface area contributed by atoms with Crippen molar-refractivity contribution in [2.75, 3.05) is 0 Å². The van der Waals surface area contributed by atoms with Gasteiger partial charge < -0.3 is 4.42 Å². The molecule has 0 fully saturated rings. The van der Waals surface area contributed by atoms with Gasteiger partial charge in [0.1, 0.15) is 5.52 Å². The minimum atomic E-state index is -0.378. The molecule has 0 saturated carbocycles. The number of hydrogen-bond acceptors (Lipinski definition) is 4. The predicted octanol–water partition coefficient (Wildman–Crippen LogP) is 1.82. The first kappa shape index (κ1) is 11.7. The SMILES string of the molecule is O=c1[nH]n(-c2nc3ccccc3o2)c(=O)c2ccccc12. The first-order chi connectivity index (χ1) is 10.2. The summed E-state index contributed by atoms with van der Waals surface area (Å²) in [4.78, 5) is 28.7. The van der Waals surface area contributed by atoms with Crippen molar-refractivity contribution in [3.63, 3.8) is 0 Å². The Kier molecular flexibility index (Phi) is 2.32. The summed E-state index contributed by atoms with van der Waals surface area (Å²) >= 11 is 0. The van der Waals surface area contributed by atoms with Crippen LogP contribution in [0.5, 0.6) is 0 Å². The summed E-state index contributed by atoms with van der Waals surface area (Å²) in [7, 11) is 0. The molecule has 4 aromatic rings. The normalized spacial score (nSPS) is 11.2. The maximum Gasteiger partial charge on any atom is 0.325 e. The van der Waals surface area contributed by atoms with Gasteiger partial charge in [0.2, 0.25) is 0 Å². The number of fused-ring (bicyclic) bond motifs is 2. The van der Waals surface area contributed by atoms with Crippen molar-refractivity contribution in [1.82, 2.24) is 14.8 Å². The number of nitrogens with zero attached hydrogens (tertiary/aromatic N) is 2. The van der Waals surface area contributed by atoms with Crippen LogP contribution in [0.3, 0.4) is 0 Å². The Morgan fingerprint density at radius 1 is 0.952 bits per heavy atom. The maximum absolute atomic E-state index is 12.5. The van der Waals surface area contributed by atoms with Crippen LogP contribution in [0.1, 0.15) is 0 Å². The summed E-state index contributed by atoms with van der Waals surface area (Å²) in [5.74, 6) is 0. The third-order valence-corrected chi connectivity index (χ3v) is 3.29. The molecule has 0 amide bonds. The van der Waals surface area contributed by atoms with Crippen LogP contribution < -0.4 is 11.1 Å². The largest absolute Gasteiger partial charge is 0.422 e. The number of H-pyrrole nitrogens is 1. The van der Waals surface area contributed by atoms with Crippen molar-refractivity contribution in [3.8, 4) is 6.01 Å². The van der Waals surface area contributed by atoms with E-state index in [2.05, 4.69) is 10.1 Å². The fraction of sp³-hybridized carbons (Fsp3) is 0. The molecule has 4 rings (SSSR count). The number of oxazole rings is 1. The van der Waals surface area contributed by atoms with Crippen LogP contribution >= 0.6 is 0 Å². The topological polar surface area (TPSA) is 80.9 Å². The van der Waals surface area contributed by atoms with E-state index in [0.717, 1.165) is 4.68 Å². The number of hydrogen-bond donors (Lipinski definition) is 1. The molecule has 0 aliphatic rings. The van der Waals surface area contributed by atoms with Gasteiger partial charge in [-0.2, -0.15) is 9.67 Å². The highest BCUT2D eigenvalue weighted by molar-refractivity contribution is 5.80. The van der Waals surface area contributed by atoms with Crippen LogP contribution in [0.25, 0.3) is 27.9 Å². The lowest BCUT2D eigenvalue weighted by Gasteiger charge is -2.01. The molecule has 0 aliphatic carbocycles. The van der Waals surface area contributed by atoms with Crippen LogP contribution in [0.4, 0.5) is 0 Å². The van der Waals surface area contributed by atoms with Crippen LogP contribution in [0, 0.1) is 0 Å². The van der Waals surface area contributed by atoms with Gasteiger partial charge in [-0.15, -0.1) is 0 Å². The van der Waals surface area contributed by atoms with Crippen molar-refractivity contribution in [1.29, 1.82) is 0 Å². The molecule has 0 unspecified atom stereocenters. The molecule has 1 N–H and O–H groups in total. The number of aromatic amines is 1. The molecule has 2 aromatic heterocycles. The molecule has 6 nitrogen and oxygen atoms in total. The highest BCUT2D eigenvalue weighted by Gasteiger charge is 2.13.